The monoisotopic (exact) mass is 376 g/mol. The lowest BCUT2D eigenvalue weighted by molar-refractivity contribution is 0.270. The Bertz CT molecular complexity index is 875. The van der Waals surface area contributed by atoms with E-state index in [0.29, 0.717) is 28.9 Å². The van der Waals surface area contributed by atoms with Gasteiger partial charge in [-0.3, -0.25) is 0 Å². The van der Waals surface area contributed by atoms with Crippen molar-refractivity contribution in [2.75, 3.05) is 5.75 Å². The van der Waals surface area contributed by atoms with Gasteiger partial charge in [-0.25, -0.2) is 0 Å². The van der Waals surface area contributed by atoms with Gasteiger partial charge in [-0.15, -0.1) is 10.2 Å². The Morgan fingerprint density at radius 1 is 1.32 bits per heavy atom. The third-order valence-corrected chi connectivity index (χ3v) is 4.24. The summed E-state index contributed by atoms with van der Waals surface area (Å²) in [5.41, 5.74) is 0. The SMILES string of the molecule is CCSc1nnc(C)n1/N=C/c1ccc(COc2cccc(Cl)c2)o1. The number of furan rings is 1. The van der Waals surface area contributed by atoms with E-state index in [1.165, 1.54) is 0 Å². The van der Waals surface area contributed by atoms with Crippen molar-refractivity contribution in [2.45, 2.75) is 25.6 Å². The van der Waals surface area contributed by atoms with E-state index in [1.807, 2.05) is 31.2 Å². The predicted octanol–water partition coefficient (Wildman–Crippen LogP) is 4.41. The summed E-state index contributed by atoms with van der Waals surface area (Å²) in [6.07, 6.45) is 1.64. The molecule has 0 fully saturated rings. The average Bonchev–Trinajstić information content (AvgIpc) is 3.19. The molecule has 6 nitrogen and oxygen atoms in total. The van der Waals surface area contributed by atoms with Crippen molar-refractivity contribution in [1.29, 1.82) is 0 Å². The van der Waals surface area contributed by atoms with E-state index in [-0.39, 0.29) is 0 Å². The summed E-state index contributed by atoms with van der Waals surface area (Å²) in [4.78, 5) is 0. The summed E-state index contributed by atoms with van der Waals surface area (Å²) in [6, 6.07) is 10.9. The quantitative estimate of drug-likeness (QED) is 0.451. The van der Waals surface area contributed by atoms with Crippen LogP contribution < -0.4 is 4.74 Å². The molecule has 0 N–H and O–H groups in total. The topological polar surface area (TPSA) is 65.4 Å². The Kier molecular flexibility index (Phi) is 5.78. The van der Waals surface area contributed by atoms with E-state index in [1.54, 1.807) is 34.8 Å². The summed E-state index contributed by atoms with van der Waals surface area (Å²) in [7, 11) is 0. The van der Waals surface area contributed by atoms with Gasteiger partial charge in [0.1, 0.15) is 23.9 Å². The first-order valence-corrected chi connectivity index (χ1v) is 9.08. The van der Waals surface area contributed by atoms with Crippen LogP contribution in [0.3, 0.4) is 0 Å². The fourth-order valence-electron chi connectivity index (χ4n) is 2.06. The lowest BCUT2D eigenvalue weighted by Gasteiger charge is -2.03. The first kappa shape index (κ1) is 17.6. The second-order valence-electron chi connectivity index (χ2n) is 5.07. The molecule has 25 heavy (non-hydrogen) atoms. The third-order valence-electron chi connectivity index (χ3n) is 3.20. The molecule has 0 bridgehead atoms. The van der Waals surface area contributed by atoms with E-state index in [0.717, 1.165) is 16.7 Å². The molecule has 3 rings (SSSR count). The maximum atomic E-state index is 5.93. The van der Waals surface area contributed by atoms with Crippen molar-refractivity contribution in [3.05, 3.63) is 58.8 Å². The number of aromatic nitrogens is 3. The normalized spacial score (nSPS) is 11.3. The standard InChI is InChI=1S/C17H17ClN4O2S/c1-3-25-17-21-20-12(2)22(17)19-10-15-7-8-16(24-15)11-23-14-6-4-5-13(18)9-14/h4-10H,3,11H2,1-2H3/b19-10+. The molecular formula is C17H17ClN4O2S. The summed E-state index contributed by atoms with van der Waals surface area (Å²) in [6.45, 7) is 4.23. The number of rotatable bonds is 7. The van der Waals surface area contributed by atoms with Gasteiger partial charge in [0.2, 0.25) is 5.16 Å². The largest absolute Gasteiger partial charge is 0.486 e. The Balaban J connectivity index is 1.64. The highest BCUT2D eigenvalue weighted by Gasteiger charge is 2.07. The second-order valence-corrected chi connectivity index (χ2v) is 6.74. The maximum absolute atomic E-state index is 5.93. The minimum absolute atomic E-state index is 0.316. The molecule has 130 valence electrons. The van der Waals surface area contributed by atoms with Crippen LogP contribution in [0.25, 0.3) is 0 Å². The third kappa shape index (κ3) is 4.64. The molecule has 0 spiro atoms. The van der Waals surface area contributed by atoms with Gasteiger partial charge in [-0.1, -0.05) is 36.4 Å². The van der Waals surface area contributed by atoms with Crippen LogP contribution in [0.1, 0.15) is 24.3 Å². The molecular weight excluding hydrogens is 360 g/mol. The minimum Gasteiger partial charge on any atom is -0.486 e. The van der Waals surface area contributed by atoms with Crippen molar-refractivity contribution >= 4 is 29.6 Å². The van der Waals surface area contributed by atoms with Gasteiger partial charge < -0.3 is 9.15 Å². The van der Waals surface area contributed by atoms with Crippen LogP contribution in [0.4, 0.5) is 0 Å². The lowest BCUT2D eigenvalue weighted by atomic mass is 10.3. The average molecular weight is 377 g/mol. The molecule has 2 heterocycles. The Morgan fingerprint density at radius 3 is 3.00 bits per heavy atom. The molecule has 0 aliphatic rings. The molecule has 0 saturated heterocycles. The second kappa shape index (κ2) is 8.22. The van der Waals surface area contributed by atoms with E-state index in [9.17, 15) is 0 Å². The van der Waals surface area contributed by atoms with Gasteiger partial charge in [0, 0.05) is 5.02 Å². The van der Waals surface area contributed by atoms with Crippen LogP contribution in [0.2, 0.25) is 5.02 Å². The molecule has 2 aromatic heterocycles. The minimum atomic E-state index is 0.316. The van der Waals surface area contributed by atoms with Crippen molar-refractivity contribution in [1.82, 2.24) is 14.9 Å². The van der Waals surface area contributed by atoms with Gasteiger partial charge in [-0.2, -0.15) is 9.78 Å². The number of hydrogen-bond acceptors (Lipinski definition) is 6. The molecule has 3 aromatic rings. The van der Waals surface area contributed by atoms with Gasteiger partial charge in [0.15, 0.2) is 5.82 Å². The van der Waals surface area contributed by atoms with Crippen LogP contribution in [0.5, 0.6) is 5.75 Å². The highest BCUT2D eigenvalue weighted by molar-refractivity contribution is 7.99. The molecule has 0 unspecified atom stereocenters. The highest BCUT2D eigenvalue weighted by Crippen LogP contribution is 2.19. The Hall–Kier alpha value is -2.25. The number of ether oxygens (including phenoxy) is 1. The van der Waals surface area contributed by atoms with Crippen LogP contribution in [0, 0.1) is 6.92 Å². The van der Waals surface area contributed by atoms with Crippen LogP contribution in [0.15, 0.2) is 51.1 Å². The fraction of sp³-hybridized carbons (Fsp3) is 0.235. The van der Waals surface area contributed by atoms with E-state index in [4.69, 9.17) is 20.8 Å². The Labute approximate surface area is 154 Å². The smallest absolute Gasteiger partial charge is 0.212 e. The molecule has 0 aliphatic heterocycles. The summed E-state index contributed by atoms with van der Waals surface area (Å²) in [5.74, 6) is 3.65. The van der Waals surface area contributed by atoms with Gasteiger partial charge >= 0.3 is 0 Å². The number of halogens is 1. The molecule has 0 aliphatic carbocycles. The van der Waals surface area contributed by atoms with E-state index < -0.39 is 0 Å². The first-order chi connectivity index (χ1) is 12.2. The van der Waals surface area contributed by atoms with Crippen LogP contribution in [-0.2, 0) is 6.61 Å². The predicted molar refractivity (Wildman–Crippen MR) is 98.6 cm³/mol. The highest BCUT2D eigenvalue weighted by atomic mass is 35.5. The molecule has 0 saturated carbocycles. The van der Waals surface area contributed by atoms with Crippen LogP contribution in [-0.4, -0.2) is 26.8 Å². The van der Waals surface area contributed by atoms with Gasteiger partial charge in [0.05, 0.1) is 6.21 Å². The number of aryl methyl sites for hydroxylation is 1. The summed E-state index contributed by atoms with van der Waals surface area (Å²) >= 11 is 7.52. The first-order valence-electron chi connectivity index (χ1n) is 7.72. The van der Waals surface area contributed by atoms with E-state index >= 15 is 0 Å². The molecule has 8 heteroatoms. The number of hydrogen-bond donors (Lipinski definition) is 0. The van der Waals surface area contributed by atoms with Gasteiger partial charge in [0.25, 0.3) is 0 Å². The zero-order valence-electron chi connectivity index (χ0n) is 13.8. The number of benzene rings is 1. The van der Waals surface area contributed by atoms with E-state index in [2.05, 4.69) is 22.2 Å². The molecule has 0 amide bonds. The van der Waals surface area contributed by atoms with Crippen molar-refractivity contribution in [2.24, 2.45) is 5.10 Å². The number of thioether (sulfide) groups is 1. The van der Waals surface area contributed by atoms with Crippen molar-refractivity contribution in [3.8, 4) is 5.75 Å². The lowest BCUT2D eigenvalue weighted by Crippen LogP contribution is -1.96. The maximum Gasteiger partial charge on any atom is 0.212 e. The fourth-order valence-corrected chi connectivity index (χ4v) is 2.90. The summed E-state index contributed by atoms with van der Waals surface area (Å²) < 4.78 is 13.1. The summed E-state index contributed by atoms with van der Waals surface area (Å²) in [5, 5.41) is 13.9. The number of nitrogens with zero attached hydrogens (tertiary/aromatic N) is 4. The molecule has 1 aromatic carbocycles. The van der Waals surface area contributed by atoms with Crippen molar-refractivity contribution in [3.63, 3.8) is 0 Å². The van der Waals surface area contributed by atoms with Crippen LogP contribution >= 0.6 is 23.4 Å². The molecule has 0 atom stereocenters. The zero-order valence-corrected chi connectivity index (χ0v) is 15.4. The Morgan fingerprint density at radius 2 is 2.20 bits per heavy atom. The van der Waals surface area contributed by atoms with Crippen molar-refractivity contribution < 1.29 is 9.15 Å². The van der Waals surface area contributed by atoms with Gasteiger partial charge in [-0.05, 0) is 43.0 Å². The molecule has 0 radical (unpaired) electrons. The zero-order chi connectivity index (χ0) is 17.6.